The number of ether oxygens (including phenoxy) is 1. The van der Waals surface area contributed by atoms with Crippen LogP contribution in [0.15, 0.2) is 30.3 Å². The van der Waals surface area contributed by atoms with E-state index in [9.17, 15) is 5.11 Å². The minimum absolute atomic E-state index is 0.186. The number of nitrogens with zero attached hydrogens (tertiary/aromatic N) is 1. The summed E-state index contributed by atoms with van der Waals surface area (Å²) in [5, 5.41) is 10.8. The summed E-state index contributed by atoms with van der Waals surface area (Å²) in [5.74, 6) is 0. The van der Waals surface area contributed by atoms with E-state index in [1.165, 1.54) is 0 Å². The van der Waals surface area contributed by atoms with Gasteiger partial charge in [-0.25, -0.2) is 0 Å². The number of benzene rings is 1. The lowest BCUT2D eigenvalue weighted by atomic mass is 9.92. The average molecular weight is 277 g/mol. The van der Waals surface area contributed by atoms with Crippen LogP contribution in [0.3, 0.4) is 0 Å². The Hall–Kier alpha value is -0.900. The van der Waals surface area contributed by atoms with E-state index < -0.39 is 5.60 Å². The highest BCUT2D eigenvalue weighted by molar-refractivity contribution is 5.22. The Labute approximate surface area is 122 Å². The minimum atomic E-state index is -0.843. The molecule has 112 valence electrons. The van der Waals surface area contributed by atoms with Gasteiger partial charge >= 0.3 is 0 Å². The zero-order valence-corrected chi connectivity index (χ0v) is 13.3. The Kier molecular flexibility index (Phi) is 3.98. The van der Waals surface area contributed by atoms with Gasteiger partial charge in [-0.05, 0) is 40.2 Å². The summed E-state index contributed by atoms with van der Waals surface area (Å²) in [7, 11) is 0. The molecule has 1 aromatic rings. The van der Waals surface area contributed by atoms with Gasteiger partial charge in [0.2, 0.25) is 0 Å². The van der Waals surface area contributed by atoms with Gasteiger partial charge in [-0.1, -0.05) is 30.3 Å². The maximum absolute atomic E-state index is 10.8. The lowest BCUT2D eigenvalue weighted by molar-refractivity contribution is -0.188. The van der Waals surface area contributed by atoms with Crippen LogP contribution in [-0.4, -0.2) is 40.8 Å². The number of aliphatic hydroxyl groups is 1. The van der Waals surface area contributed by atoms with E-state index in [2.05, 4.69) is 32.6 Å². The summed E-state index contributed by atoms with van der Waals surface area (Å²) in [6.45, 7) is 12.6. The lowest BCUT2D eigenvalue weighted by Gasteiger charge is -2.48. The highest BCUT2D eigenvalue weighted by Gasteiger charge is 2.40. The van der Waals surface area contributed by atoms with Gasteiger partial charge in [-0.2, -0.15) is 0 Å². The summed E-state index contributed by atoms with van der Waals surface area (Å²) in [5.41, 5.74) is -0.254. The molecule has 1 aliphatic heterocycles. The number of β-amino-alcohol motifs (C(OH)–C–C–N with tert-alkyl or cyclic N) is 1. The van der Waals surface area contributed by atoms with Gasteiger partial charge in [0, 0.05) is 19.6 Å². The molecule has 3 heteroatoms. The van der Waals surface area contributed by atoms with Crippen LogP contribution in [0.4, 0.5) is 0 Å². The first-order chi connectivity index (χ1) is 9.10. The monoisotopic (exact) mass is 277 g/mol. The van der Waals surface area contributed by atoms with Crippen molar-refractivity contribution in [1.82, 2.24) is 4.90 Å². The molecule has 1 saturated heterocycles. The summed E-state index contributed by atoms with van der Waals surface area (Å²) in [6, 6.07) is 9.88. The van der Waals surface area contributed by atoms with Crippen LogP contribution in [0.2, 0.25) is 0 Å². The van der Waals surface area contributed by atoms with Crippen LogP contribution in [0.25, 0.3) is 0 Å². The van der Waals surface area contributed by atoms with Crippen molar-refractivity contribution in [3.05, 3.63) is 35.9 Å². The highest BCUT2D eigenvalue weighted by atomic mass is 16.5. The molecule has 1 N–H and O–H groups in total. The van der Waals surface area contributed by atoms with Crippen molar-refractivity contribution < 1.29 is 9.84 Å². The highest BCUT2D eigenvalue weighted by Crippen LogP contribution is 2.30. The van der Waals surface area contributed by atoms with Gasteiger partial charge in [0.05, 0.1) is 16.8 Å². The molecule has 0 saturated carbocycles. The molecule has 0 bridgehead atoms. The fourth-order valence-electron chi connectivity index (χ4n) is 3.38. The molecular formula is C17H27NO2. The van der Waals surface area contributed by atoms with Crippen molar-refractivity contribution in [3.8, 4) is 0 Å². The molecule has 1 unspecified atom stereocenters. The summed E-state index contributed by atoms with van der Waals surface area (Å²) >= 11 is 0. The molecule has 1 atom stereocenters. The number of morpholine rings is 1. The van der Waals surface area contributed by atoms with Crippen molar-refractivity contribution in [1.29, 1.82) is 0 Å². The average Bonchev–Trinajstić information content (AvgIpc) is 2.25. The zero-order valence-electron chi connectivity index (χ0n) is 13.3. The van der Waals surface area contributed by atoms with Gasteiger partial charge in [0.15, 0.2) is 0 Å². The van der Waals surface area contributed by atoms with Gasteiger partial charge in [-0.15, -0.1) is 0 Å². The third-order valence-electron chi connectivity index (χ3n) is 3.69. The largest absolute Gasteiger partial charge is 0.384 e. The third-order valence-corrected chi connectivity index (χ3v) is 3.69. The van der Waals surface area contributed by atoms with Gasteiger partial charge in [0.1, 0.15) is 0 Å². The second-order valence-corrected chi connectivity index (χ2v) is 7.41. The number of hydrogen-bond acceptors (Lipinski definition) is 3. The molecule has 0 radical (unpaired) electrons. The zero-order chi connectivity index (χ0) is 15.0. The molecule has 20 heavy (non-hydrogen) atoms. The molecule has 3 nitrogen and oxygen atoms in total. The lowest BCUT2D eigenvalue weighted by Crippen LogP contribution is -2.59. The Bertz CT molecular complexity index is 435. The van der Waals surface area contributed by atoms with Crippen molar-refractivity contribution in [3.63, 3.8) is 0 Å². The molecule has 0 spiro atoms. The predicted molar refractivity (Wildman–Crippen MR) is 81.7 cm³/mol. The van der Waals surface area contributed by atoms with E-state index in [4.69, 9.17) is 4.74 Å². The smallest absolute Gasteiger partial charge is 0.0994 e. The molecule has 0 aromatic heterocycles. The number of hydrogen-bond donors (Lipinski definition) is 1. The fraction of sp³-hybridized carbons (Fsp3) is 0.647. The van der Waals surface area contributed by atoms with Gasteiger partial charge < -0.3 is 9.84 Å². The normalized spacial score (nSPS) is 25.1. The first-order valence-corrected chi connectivity index (χ1v) is 7.30. The molecular weight excluding hydrogens is 250 g/mol. The number of rotatable bonds is 3. The molecule has 1 heterocycles. The Morgan fingerprint density at radius 2 is 1.60 bits per heavy atom. The maximum Gasteiger partial charge on any atom is 0.0994 e. The van der Waals surface area contributed by atoms with E-state index >= 15 is 0 Å². The van der Waals surface area contributed by atoms with Crippen molar-refractivity contribution in [2.75, 3.05) is 19.6 Å². The minimum Gasteiger partial charge on any atom is -0.384 e. The third kappa shape index (κ3) is 3.81. The van der Waals surface area contributed by atoms with Crippen LogP contribution in [-0.2, 0) is 10.3 Å². The van der Waals surface area contributed by atoms with Crippen LogP contribution < -0.4 is 0 Å². The molecule has 1 aromatic carbocycles. The van der Waals surface area contributed by atoms with Crippen LogP contribution in [0.1, 0.15) is 40.2 Å². The summed E-state index contributed by atoms with van der Waals surface area (Å²) < 4.78 is 6.09. The van der Waals surface area contributed by atoms with Crippen molar-refractivity contribution in [2.24, 2.45) is 0 Å². The first kappa shape index (κ1) is 15.5. The van der Waals surface area contributed by atoms with E-state index in [0.717, 1.165) is 18.7 Å². The van der Waals surface area contributed by atoms with Crippen molar-refractivity contribution >= 4 is 0 Å². The SMILES string of the molecule is CC1(C)CN(CC(C)(O)c2ccccc2)CC(C)(C)O1. The Morgan fingerprint density at radius 3 is 2.10 bits per heavy atom. The quantitative estimate of drug-likeness (QED) is 0.922. The second kappa shape index (κ2) is 5.14. The van der Waals surface area contributed by atoms with E-state index in [-0.39, 0.29) is 11.2 Å². The predicted octanol–water partition coefficient (Wildman–Crippen LogP) is 2.78. The topological polar surface area (TPSA) is 32.7 Å². The molecule has 1 aliphatic rings. The first-order valence-electron chi connectivity index (χ1n) is 7.30. The van der Waals surface area contributed by atoms with Crippen LogP contribution >= 0.6 is 0 Å². The standard InChI is InChI=1S/C17H27NO2/c1-15(2)11-18(12-16(3,4)20-15)13-17(5,19)14-9-7-6-8-10-14/h6-10,19H,11-13H2,1-5H3. The van der Waals surface area contributed by atoms with Gasteiger partial charge in [0.25, 0.3) is 0 Å². The fourth-order valence-corrected chi connectivity index (χ4v) is 3.38. The Morgan fingerprint density at radius 1 is 1.10 bits per heavy atom. The van der Waals surface area contributed by atoms with Crippen LogP contribution in [0, 0.1) is 0 Å². The molecule has 0 aliphatic carbocycles. The summed E-state index contributed by atoms with van der Waals surface area (Å²) in [4.78, 5) is 2.30. The molecule has 1 fully saturated rings. The molecule has 0 amide bonds. The van der Waals surface area contributed by atoms with E-state index in [0.29, 0.717) is 6.54 Å². The Balaban J connectivity index is 2.13. The summed E-state index contributed by atoms with van der Waals surface area (Å²) in [6.07, 6.45) is 0. The molecule has 2 rings (SSSR count). The van der Waals surface area contributed by atoms with Crippen molar-refractivity contribution in [2.45, 2.75) is 51.4 Å². The van der Waals surface area contributed by atoms with Gasteiger partial charge in [-0.3, -0.25) is 4.90 Å². The second-order valence-electron chi connectivity index (χ2n) is 7.41. The van der Waals surface area contributed by atoms with E-state index in [1.54, 1.807) is 0 Å². The van der Waals surface area contributed by atoms with Crippen LogP contribution in [0.5, 0.6) is 0 Å². The van der Waals surface area contributed by atoms with E-state index in [1.807, 2.05) is 37.3 Å². The maximum atomic E-state index is 10.8.